The summed E-state index contributed by atoms with van der Waals surface area (Å²) in [5, 5.41) is 0. The standard InChI is InChI=1S/C13H16FNO2S/c14-11-2-1-10(12(5-11)13(15)18)8-17-7-9-3-4-16-6-9/h1-2,5,9H,3-4,6-8H2,(H2,15,18). The van der Waals surface area contributed by atoms with Crippen LogP contribution in [0.25, 0.3) is 0 Å². The van der Waals surface area contributed by atoms with Crippen LogP contribution in [-0.4, -0.2) is 24.8 Å². The molecule has 0 amide bonds. The van der Waals surface area contributed by atoms with Crippen molar-refractivity contribution in [2.24, 2.45) is 11.7 Å². The first-order valence-corrected chi connectivity index (χ1v) is 6.31. The second-order valence-corrected chi connectivity index (χ2v) is 4.85. The highest BCUT2D eigenvalue weighted by atomic mass is 32.1. The summed E-state index contributed by atoms with van der Waals surface area (Å²) in [5.74, 6) is 0.115. The average molecular weight is 269 g/mol. The summed E-state index contributed by atoms with van der Waals surface area (Å²) in [6.07, 6.45) is 1.03. The highest BCUT2D eigenvalue weighted by Gasteiger charge is 2.16. The molecule has 0 spiro atoms. The van der Waals surface area contributed by atoms with Gasteiger partial charge in [-0.25, -0.2) is 4.39 Å². The van der Waals surface area contributed by atoms with Gasteiger partial charge in [0.1, 0.15) is 10.8 Å². The molecule has 98 valence electrons. The largest absolute Gasteiger partial charge is 0.389 e. The van der Waals surface area contributed by atoms with Gasteiger partial charge >= 0.3 is 0 Å². The van der Waals surface area contributed by atoms with Crippen LogP contribution in [0.1, 0.15) is 17.5 Å². The van der Waals surface area contributed by atoms with Crippen LogP contribution in [0, 0.1) is 11.7 Å². The Morgan fingerprint density at radius 1 is 1.56 bits per heavy atom. The normalized spacial score (nSPS) is 19.1. The van der Waals surface area contributed by atoms with Crippen LogP contribution in [0.15, 0.2) is 18.2 Å². The minimum Gasteiger partial charge on any atom is -0.389 e. The number of hydrogen-bond donors (Lipinski definition) is 1. The molecule has 3 nitrogen and oxygen atoms in total. The Hall–Kier alpha value is -1.04. The predicted octanol–water partition coefficient (Wildman–Crippen LogP) is 2.01. The smallest absolute Gasteiger partial charge is 0.123 e. The first-order chi connectivity index (χ1) is 8.66. The summed E-state index contributed by atoms with van der Waals surface area (Å²) >= 11 is 4.90. The van der Waals surface area contributed by atoms with E-state index in [0.717, 1.165) is 25.2 Å². The van der Waals surface area contributed by atoms with E-state index in [-0.39, 0.29) is 10.8 Å². The average Bonchev–Trinajstić information content (AvgIpc) is 2.84. The third-order valence-electron chi connectivity index (χ3n) is 2.97. The van der Waals surface area contributed by atoms with Crippen molar-refractivity contribution >= 4 is 17.2 Å². The number of thiocarbonyl (C=S) groups is 1. The summed E-state index contributed by atoms with van der Waals surface area (Å²) < 4.78 is 24.0. The number of ether oxygens (including phenoxy) is 2. The lowest BCUT2D eigenvalue weighted by Crippen LogP contribution is -2.15. The molecule has 0 aliphatic carbocycles. The van der Waals surface area contributed by atoms with Crippen molar-refractivity contribution in [1.29, 1.82) is 0 Å². The number of benzene rings is 1. The molecule has 1 saturated heterocycles. The van der Waals surface area contributed by atoms with Crippen LogP contribution in [0.2, 0.25) is 0 Å². The van der Waals surface area contributed by atoms with Gasteiger partial charge in [0, 0.05) is 18.1 Å². The number of rotatable bonds is 5. The first-order valence-electron chi connectivity index (χ1n) is 5.90. The van der Waals surface area contributed by atoms with Crippen molar-refractivity contribution in [2.75, 3.05) is 19.8 Å². The fourth-order valence-corrected chi connectivity index (χ4v) is 2.14. The molecule has 1 aromatic carbocycles. The molecule has 0 aromatic heterocycles. The van der Waals surface area contributed by atoms with Gasteiger partial charge in [-0.3, -0.25) is 0 Å². The molecular formula is C13H16FNO2S. The summed E-state index contributed by atoms with van der Waals surface area (Å²) in [6.45, 7) is 2.60. The van der Waals surface area contributed by atoms with E-state index in [0.29, 0.717) is 24.7 Å². The van der Waals surface area contributed by atoms with Gasteiger partial charge in [0.05, 0.1) is 19.8 Å². The molecule has 1 unspecified atom stereocenters. The van der Waals surface area contributed by atoms with Crippen molar-refractivity contribution in [3.05, 3.63) is 35.1 Å². The zero-order chi connectivity index (χ0) is 13.0. The highest BCUT2D eigenvalue weighted by Crippen LogP contribution is 2.16. The van der Waals surface area contributed by atoms with E-state index in [2.05, 4.69) is 0 Å². The summed E-state index contributed by atoms with van der Waals surface area (Å²) in [6, 6.07) is 4.40. The second-order valence-electron chi connectivity index (χ2n) is 4.41. The van der Waals surface area contributed by atoms with Crippen LogP contribution < -0.4 is 5.73 Å². The molecule has 1 fully saturated rings. The topological polar surface area (TPSA) is 44.5 Å². The lowest BCUT2D eigenvalue weighted by Gasteiger charge is -2.11. The lowest BCUT2D eigenvalue weighted by atomic mass is 10.1. The molecule has 1 heterocycles. The van der Waals surface area contributed by atoms with Crippen LogP contribution in [0.5, 0.6) is 0 Å². The van der Waals surface area contributed by atoms with Gasteiger partial charge in [-0.05, 0) is 24.1 Å². The molecule has 1 aliphatic heterocycles. The van der Waals surface area contributed by atoms with Crippen LogP contribution in [-0.2, 0) is 16.1 Å². The van der Waals surface area contributed by atoms with Crippen LogP contribution in [0.3, 0.4) is 0 Å². The molecule has 2 N–H and O–H groups in total. The Kier molecular flexibility index (Phi) is 4.63. The van der Waals surface area contributed by atoms with E-state index in [1.165, 1.54) is 12.1 Å². The van der Waals surface area contributed by atoms with Gasteiger partial charge in [-0.15, -0.1) is 0 Å². The van der Waals surface area contributed by atoms with E-state index < -0.39 is 0 Å². The monoisotopic (exact) mass is 269 g/mol. The van der Waals surface area contributed by atoms with Crippen molar-refractivity contribution in [1.82, 2.24) is 0 Å². The number of hydrogen-bond acceptors (Lipinski definition) is 3. The van der Waals surface area contributed by atoms with Crippen LogP contribution >= 0.6 is 12.2 Å². The Balaban J connectivity index is 1.93. The van der Waals surface area contributed by atoms with Gasteiger partial charge in [0.15, 0.2) is 0 Å². The molecule has 0 radical (unpaired) electrons. The predicted molar refractivity (Wildman–Crippen MR) is 70.9 cm³/mol. The molecule has 1 aromatic rings. The number of halogens is 1. The molecule has 1 atom stereocenters. The Labute approximate surface area is 111 Å². The molecule has 18 heavy (non-hydrogen) atoms. The molecule has 0 saturated carbocycles. The van der Waals surface area contributed by atoms with Crippen molar-refractivity contribution < 1.29 is 13.9 Å². The fourth-order valence-electron chi connectivity index (χ4n) is 1.95. The van der Waals surface area contributed by atoms with E-state index >= 15 is 0 Å². The van der Waals surface area contributed by atoms with E-state index in [1.807, 2.05) is 0 Å². The zero-order valence-corrected chi connectivity index (χ0v) is 10.8. The second kappa shape index (κ2) is 6.22. The summed E-state index contributed by atoms with van der Waals surface area (Å²) in [7, 11) is 0. The van der Waals surface area contributed by atoms with Crippen LogP contribution in [0.4, 0.5) is 4.39 Å². The Morgan fingerprint density at radius 2 is 2.39 bits per heavy atom. The first kappa shape index (κ1) is 13.4. The SMILES string of the molecule is NC(=S)c1cc(F)ccc1COCC1CCOC1. The summed E-state index contributed by atoms with van der Waals surface area (Å²) in [4.78, 5) is 0.192. The van der Waals surface area contributed by atoms with Crippen molar-refractivity contribution in [2.45, 2.75) is 13.0 Å². The number of nitrogens with two attached hydrogens (primary N) is 1. The van der Waals surface area contributed by atoms with E-state index in [9.17, 15) is 4.39 Å². The maximum absolute atomic E-state index is 13.1. The van der Waals surface area contributed by atoms with E-state index in [4.69, 9.17) is 27.4 Å². The Bertz CT molecular complexity index is 433. The van der Waals surface area contributed by atoms with Gasteiger partial charge in [0.2, 0.25) is 0 Å². The summed E-state index contributed by atoms with van der Waals surface area (Å²) in [5.41, 5.74) is 6.94. The van der Waals surface area contributed by atoms with Gasteiger partial charge in [-0.2, -0.15) is 0 Å². The molecule has 5 heteroatoms. The fraction of sp³-hybridized carbons (Fsp3) is 0.462. The minimum atomic E-state index is -0.342. The minimum absolute atomic E-state index is 0.192. The van der Waals surface area contributed by atoms with E-state index in [1.54, 1.807) is 6.07 Å². The van der Waals surface area contributed by atoms with Gasteiger partial charge in [0.25, 0.3) is 0 Å². The Morgan fingerprint density at radius 3 is 3.06 bits per heavy atom. The molecule has 1 aliphatic rings. The third-order valence-corrected chi connectivity index (χ3v) is 3.19. The maximum Gasteiger partial charge on any atom is 0.123 e. The quantitative estimate of drug-likeness (QED) is 0.831. The maximum atomic E-state index is 13.1. The molecular weight excluding hydrogens is 253 g/mol. The highest BCUT2D eigenvalue weighted by molar-refractivity contribution is 7.80. The van der Waals surface area contributed by atoms with Crippen molar-refractivity contribution in [3.63, 3.8) is 0 Å². The molecule has 0 bridgehead atoms. The van der Waals surface area contributed by atoms with Gasteiger partial charge in [-0.1, -0.05) is 18.3 Å². The van der Waals surface area contributed by atoms with Crippen molar-refractivity contribution in [3.8, 4) is 0 Å². The van der Waals surface area contributed by atoms with Gasteiger partial charge < -0.3 is 15.2 Å². The third kappa shape index (κ3) is 3.48. The lowest BCUT2D eigenvalue weighted by molar-refractivity contribution is 0.0790. The zero-order valence-electron chi connectivity index (χ0n) is 10.0. The molecule has 2 rings (SSSR count).